The van der Waals surface area contributed by atoms with Crippen molar-refractivity contribution in [3.05, 3.63) is 53.6 Å². The summed E-state index contributed by atoms with van der Waals surface area (Å²) in [6.45, 7) is 0. The molecule has 0 fully saturated rings. The fourth-order valence-corrected chi connectivity index (χ4v) is 2.00. The molecule has 0 heterocycles. The van der Waals surface area contributed by atoms with E-state index < -0.39 is 23.5 Å². The molecule has 0 aromatic heterocycles. The van der Waals surface area contributed by atoms with Gasteiger partial charge in [-0.3, -0.25) is 0 Å². The summed E-state index contributed by atoms with van der Waals surface area (Å²) in [5.41, 5.74) is -2.55. The van der Waals surface area contributed by atoms with E-state index in [1.165, 1.54) is 19.2 Å². The number of rotatable bonds is 2. The first-order valence-electron chi connectivity index (χ1n) is 6.06. The summed E-state index contributed by atoms with van der Waals surface area (Å²) in [7, 11) is 1.21. The molecule has 0 aliphatic heterocycles. The highest BCUT2D eigenvalue weighted by Gasteiger charge is 2.35. The van der Waals surface area contributed by atoms with Crippen LogP contribution >= 0.6 is 0 Å². The van der Waals surface area contributed by atoms with E-state index in [-0.39, 0.29) is 16.9 Å². The van der Waals surface area contributed by atoms with Crippen molar-refractivity contribution >= 4 is 0 Å². The fraction of sp³-hybridized carbons (Fsp3) is 0.200. The first-order valence-corrected chi connectivity index (χ1v) is 6.06. The molecule has 1 nitrogen and oxygen atoms in total. The normalized spacial score (nSPS) is 12.3. The van der Waals surface area contributed by atoms with Crippen LogP contribution in [-0.2, 0) is 12.4 Å². The third-order valence-corrected chi connectivity index (χ3v) is 3.03. The Hall–Kier alpha value is -2.18. The Morgan fingerprint density at radius 1 is 0.818 bits per heavy atom. The van der Waals surface area contributed by atoms with E-state index in [4.69, 9.17) is 4.74 Å². The Balaban J connectivity index is 2.62. The fourth-order valence-electron chi connectivity index (χ4n) is 2.00. The molecular weight excluding hydrogens is 310 g/mol. The first kappa shape index (κ1) is 16.2. The van der Waals surface area contributed by atoms with Gasteiger partial charge in [-0.25, -0.2) is 0 Å². The Morgan fingerprint density at radius 2 is 1.50 bits per heavy atom. The second-order valence-corrected chi connectivity index (χ2v) is 4.49. The van der Waals surface area contributed by atoms with Crippen LogP contribution < -0.4 is 4.74 Å². The van der Waals surface area contributed by atoms with Gasteiger partial charge in [0.05, 0.1) is 18.2 Å². The van der Waals surface area contributed by atoms with Crippen molar-refractivity contribution in [3.63, 3.8) is 0 Å². The van der Waals surface area contributed by atoms with Gasteiger partial charge in [0.2, 0.25) is 0 Å². The molecule has 0 atom stereocenters. The maximum atomic E-state index is 13.1. The largest absolute Gasteiger partial charge is 0.497 e. The second kappa shape index (κ2) is 5.55. The first-order chi connectivity index (χ1) is 10.1. The molecule has 7 heteroatoms. The Kier molecular flexibility index (Phi) is 4.08. The Labute approximate surface area is 122 Å². The lowest BCUT2D eigenvalue weighted by Crippen LogP contribution is -2.08. The van der Waals surface area contributed by atoms with Gasteiger partial charge in [0, 0.05) is 0 Å². The van der Waals surface area contributed by atoms with E-state index in [0.717, 1.165) is 24.3 Å². The maximum Gasteiger partial charge on any atom is 0.417 e. The summed E-state index contributed by atoms with van der Waals surface area (Å²) in [4.78, 5) is 0. The third-order valence-electron chi connectivity index (χ3n) is 3.03. The second-order valence-electron chi connectivity index (χ2n) is 4.49. The van der Waals surface area contributed by atoms with Crippen molar-refractivity contribution < 1.29 is 31.1 Å². The lowest BCUT2D eigenvalue weighted by atomic mass is 9.97. The van der Waals surface area contributed by atoms with Crippen molar-refractivity contribution in [1.29, 1.82) is 0 Å². The van der Waals surface area contributed by atoms with Crippen molar-refractivity contribution in [3.8, 4) is 16.9 Å². The van der Waals surface area contributed by atoms with Crippen LogP contribution in [0.25, 0.3) is 11.1 Å². The van der Waals surface area contributed by atoms with Gasteiger partial charge in [0.1, 0.15) is 5.75 Å². The molecule has 0 saturated heterocycles. The monoisotopic (exact) mass is 320 g/mol. The number of benzene rings is 2. The summed E-state index contributed by atoms with van der Waals surface area (Å²) in [5.74, 6) is -0.0250. The lowest BCUT2D eigenvalue weighted by molar-refractivity contribution is -0.137. The zero-order valence-electron chi connectivity index (χ0n) is 11.2. The molecule has 0 unspecified atom stereocenters. The minimum Gasteiger partial charge on any atom is -0.497 e. The van der Waals surface area contributed by atoms with Crippen LogP contribution in [-0.4, -0.2) is 7.11 Å². The van der Waals surface area contributed by atoms with Crippen LogP contribution in [0.2, 0.25) is 0 Å². The van der Waals surface area contributed by atoms with Gasteiger partial charge in [-0.1, -0.05) is 18.2 Å². The quantitative estimate of drug-likeness (QED) is 0.673. The minimum atomic E-state index is -4.71. The smallest absolute Gasteiger partial charge is 0.417 e. The van der Waals surface area contributed by atoms with Gasteiger partial charge in [-0.15, -0.1) is 0 Å². The molecule has 0 saturated carbocycles. The van der Waals surface area contributed by atoms with Crippen LogP contribution in [0.5, 0.6) is 5.75 Å². The van der Waals surface area contributed by atoms with Gasteiger partial charge in [-0.2, -0.15) is 26.3 Å². The molecule has 118 valence electrons. The minimum absolute atomic E-state index is 0.0250. The molecule has 0 spiro atoms. The van der Waals surface area contributed by atoms with Gasteiger partial charge < -0.3 is 4.74 Å². The van der Waals surface area contributed by atoms with Crippen molar-refractivity contribution in [2.45, 2.75) is 12.4 Å². The average molecular weight is 320 g/mol. The lowest BCUT2D eigenvalue weighted by Gasteiger charge is -2.15. The zero-order chi connectivity index (χ0) is 16.5. The zero-order valence-corrected chi connectivity index (χ0v) is 11.2. The number of halogens is 6. The van der Waals surface area contributed by atoms with Crippen LogP contribution in [0.1, 0.15) is 11.1 Å². The molecule has 2 rings (SSSR count). The van der Waals surface area contributed by atoms with E-state index in [0.29, 0.717) is 6.07 Å². The van der Waals surface area contributed by atoms with Gasteiger partial charge in [0.15, 0.2) is 0 Å². The van der Waals surface area contributed by atoms with Crippen LogP contribution in [0.4, 0.5) is 26.3 Å². The van der Waals surface area contributed by atoms with Crippen LogP contribution in [0.3, 0.4) is 0 Å². The highest BCUT2D eigenvalue weighted by atomic mass is 19.4. The highest BCUT2D eigenvalue weighted by molar-refractivity contribution is 5.70. The standard InChI is InChI=1S/C15H10F6O/c1-22-11-5-6-12(13(8-11)15(19,20)21)9-3-2-4-10(7-9)14(16,17)18/h2-8H,1H3. The highest BCUT2D eigenvalue weighted by Crippen LogP contribution is 2.40. The number of hydrogen-bond acceptors (Lipinski definition) is 1. The van der Waals surface area contributed by atoms with Gasteiger partial charge >= 0.3 is 12.4 Å². The molecule has 2 aromatic carbocycles. The van der Waals surface area contributed by atoms with E-state index >= 15 is 0 Å². The number of ether oxygens (including phenoxy) is 1. The number of hydrogen-bond donors (Lipinski definition) is 0. The molecule has 22 heavy (non-hydrogen) atoms. The van der Waals surface area contributed by atoms with Gasteiger partial charge in [-0.05, 0) is 35.4 Å². The van der Waals surface area contributed by atoms with Crippen molar-refractivity contribution in [2.24, 2.45) is 0 Å². The van der Waals surface area contributed by atoms with E-state index in [1.807, 2.05) is 0 Å². The molecule has 0 N–H and O–H groups in total. The summed E-state index contributed by atoms with van der Waals surface area (Å²) in [5, 5.41) is 0. The van der Waals surface area contributed by atoms with Crippen LogP contribution in [0, 0.1) is 0 Å². The number of methoxy groups -OCH3 is 1. The topological polar surface area (TPSA) is 9.23 Å². The molecule has 0 bridgehead atoms. The third kappa shape index (κ3) is 3.35. The van der Waals surface area contributed by atoms with Gasteiger partial charge in [0.25, 0.3) is 0 Å². The number of alkyl halides is 6. The summed E-state index contributed by atoms with van der Waals surface area (Å²) < 4.78 is 82.1. The van der Waals surface area contributed by atoms with E-state index in [2.05, 4.69) is 0 Å². The van der Waals surface area contributed by atoms with Crippen molar-refractivity contribution in [1.82, 2.24) is 0 Å². The molecule has 0 amide bonds. The predicted octanol–water partition coefficient (Wildman–Crippen LogP) is 5.40. The maximum absolute atomic E-state index is 13.1. The molecule has 0 aliphatic carbocycles. The van der Waals surface area contributed by atoms with Crippen molar-refractivity contribution in [2.75, 3.05) is 7.11 Å². The Bertz CT molecular complexity index is 672. The Morgan fingerprint density at radius 3 is 2.05 bits per heavy atom. The summed E-state index contributed by atoms with van der Waals surface area (Å²) in [6.07, 6.45) is -9.33. The summed E-state index contributed by atoms with van der Waals surface area (Å²) in [6, 6.07) is 6.89. The van der Waals surface area contributed by atoms with Crippen LogP contribution in [0.15, 0.2) is 42.5 Å². The SMILES string of the molecule is COc1ccc(-c2cccc(C(F)(F)F)c2)c(C(F)(F)F)c1. The average Bonchev–Trinajstić information content (AvgIpc) is 2.45. The molecular formula is C15H10F6O. The molecule has 2 aromatic rings. The van der Waals surface area contributed by atoms with E-state index in [9.17, 15) is 26.3 Å². The van der Waals surface area contributed by atoms with E-state index in [1.54, 1.807) is 0 Å². The summed E-state index contributed by atoms with van der Waals surface area (Å²) >= 11 is 0. The molecule has 0 radical (unpaired) electrons. The predicted molar refractivity (Wildman–Crippen MR) is 68.4 cm³/mol. The molecule has 0 aliphatic rings.